The molecule has 0 fully saturated rings. The van der Waals surface area contributed by atoms with Crippen LogP contribution < -0.4 is 43.3 Å². The largest absolute Gasteiger partial charge is 0.471 e. The number of aryl methyl sites for hydroxylation is 3. The number of anilines is 4. The smallest absolute Gasteiger partial charge is 0.399 e. The minimum absolute atomic E-state index is 0. The van der Waals surface area contributed by atoms with Crippen molar-refractivity contribution >= 4 is 272 Å². The number of nitrogens with two attached hydrogens (primary N) is 2. The van der Waals surface area contributed by atoms with Gasteiger partial charge in [0.25, 0.3) is 0 Å². The van der Waals surface area contributed by atoms with Gasteiger partial charge in [-0.1, -0.05) is 274 Å². The van der Waals surface area contributed by atoms with Gasteiger partial charge in [0, 0.05) is 69.8 Å². The summed E-state index contributed by atoms with van der Waals surface area (Å²) in [6, 6.07) is 58.8. The van der Waals surface area contributed by atoms with E-state index < -0.39 is 67.3 Å². The summed E-state index contributed by atoms with van der Waals surface area (Å²) < 4.78 is 187. The van der Waals surface area contributed by atoms with Gasteiger partial charge in [0.05, 0.1) is 41.5 Å². The number of aromatic nitrogens is 2. The predicted octanol–water partition coefficient (Wildman–Crippen LogP) is 29.6. The molecule has 0 unspecified atom stereocenters. The summed E-state index contributed by atoms with van der Waals surface area (Å²) in [6.45, 7) is 39.8. The van der Waals surface area contributed by atoms with Crippen molar-refractivity contribution in [1.29, 1.82) is 0 Å². The second kappa shape index (κ2) is 58.9. The molecule has 0 bridgehead atoms. The Balaban J connectivity index is -0.00000142. The summed E-state index contributed by atoms with van der Waals surface area (Å²) in [6.07, 6.45) is -22.8. The quantitative estimate of drug-likeness (QED) is 0.0179. The fraction of sp³-hybridized carbons (Fsp3) is 0.202. The molecule has 9 N–H and O–H groups in total. The van der Waals surface area contributed by atoms with E-state index in [-0.39, 0.29) is 63.6 Å². The zero-order valence-electron chi connectivity index (χ0n) is 62.6. The Morgan fingerprint density at radius 1 is 0.447 bits per heavy atom. The van der Waals surface area contributed by atoms with Crippen LogP contribution in [0.15, 0.2) is 212 Å². The third-order valence-corrected chi connectivity index (χ3v) is 19.7. The van der Waals surface area contributed by atoms with Crippen LogP contribution in [0.4, 0.5) is 117 Å². The van der Waals surface area contributed by atoms with E-state index in [4.69, 9.17) is 44.3 Å². The average Bonchev–Trinajstić information content (AvgIpc) is 1.48. The van der Waals surface area contributed by atoms with Crippen molar-refractivity contribution in [3.63, 3.8) is 0 Å². The van der Waals surface area contributed by atoms with Crippen LogP contribution in [0.1, 0.15) is 68.4 Å². The monoisotopic (exact) mass is 2560 g/mol. The van der Waals surface area contributed by atoms with Crippen molar-refractivity contribution in [2.45, 2.75) is 93.0 Å². The molecular weight excluding hydrogens is 2480 g/mol. The molecule has 123 heavy (non-hydrogen) atoms. The van der Waals surface area contributed by atoms with Crippen molar-refractivity contribution in [2.75, 3.05) is 29.0 Å². The number of benzene rings is 9. The maximum atomic E-state index is 13.1. The Bertz CT molecular complexity index is 5230. The number of nitrogens with one attached hydrogen (secondary N) is 5. The van der Waals surface area contributed by atoms with Gasteiger partial charge in [-0.15, -0.1) is 0 Å². The van der Waals surface area contributed by atoms with Crippen molar-refractivity contribution in [3.8, 4) is 0 Å². The summed E-state index contributed by atoms with van der Waals surface area (Å²) >= 11 is 15.6. The summed E-state index contributed by atoms with van der Waals surface area (Å²) in [4.78, 5) is 59.2. The molecule has 9 aromatic carbocycles. The first-order chi connectivity index (χ1) is 56.0. The molecule has 15 nitrogen and oxygen atoms in total. The number of fused-ring (bicyclic) bond motifs is 2. The second-order valence-electron chi connectivity index (χ2n) is 23.1. The van der Waals surface area contributed by atoms with Crippen molar-refractivity contribution in [1.82, 2.24) is 9.97 Å². The van der Waals surface area contributed by atoms with Crippen molar-refractivity contribution in [3.05, 3.63) is 314 Å². The molecule has 0 aliphatic heterocycles. The van der Waals surface area contributed by atoms with E-state index in [0.29, 0.717) is 80.4 Å². The van der Waals surface area contributed by atoms with E-state index in [0.717, 1.165) is 44.8 Å². The summed E-state index contributed by atoms with van der Waals surface area (Å²) in [7, 11) is -2.45. The maximum absolute atomic E-state index is 13.1. The number of aromatic amines is 2. The van der Waals surface area contributed by atoms with Crippen LogP contribution in [0.25, 0.3) is 46.0 Å². The van der Waals surface area contributed by atoms with Gasteiger partial charge in [-0.05, 0) is 156 Å². The van der Waals surface area contributed by atoms with Gasteiger partial charge in [0.15, 0.2) is 28.4 Å². The van der Waals surface area contributed by atoms with Crippen LogP contribution in [-0.4, -0.2) is 53.5 Å². The van der Waals surface area contributed by atoms with Gasteiger partial charge in [0.1, 0.15) is 34.5 Å². The van der Waals surface area contributed by atoms with Crippen LogP contribution >= 0.6 is 165 Å². The molecule has 0 atom stereocenters. The normalized spacial score (nSPS) is 10.3. The van der Waals surface area contributed by atoms with E-state index in [1.807, 2.05) is 131 Å². The molecule has 1 radical (unpaired) electrons. The molecule has 2 aromatic heterocycles. The van der Waals surface area contributed by atoms with Gasteiger partial charge in [-0.2, -0.15) is 65.9 Å². The Morgan fingerprint density at radius 3 is 1.07 bits per heavy atom. The summed E-state index contributed by atoms with van der Waals surface area (Å²) in [5.74, 6) is -6.08. The van der Waals surface area contributed by atoms with Gasteiger partial charge in [0.2, 0.25) is 0 Å². The average molecular weight is 2560 g/mol. The molecule has 0 saturated carbocycles. The molecule has 2 heterocycles. The number of amides is 3. The summed E-state index contributed by atoms with van der Waals surface area (Å²) in [5.41, 5.74) is 16.3. The number of rotatable bonds is 10. The molecule has 0 aliphatic rings. The molecule has 0 saturated heterocycles. The fourth-order valence-corrected chi connectivity index (χ4v) is 14.2. The van der Waals surface area contributed by atoms with Crippen LogP contribution in [0, 0.1) is 51.6 Å². The van der Waals surface area contributed by atoms with E-state index in [2.05, 4.69) is 175 Å². The standard InChI is InChI=1S/C28H20F3N2OP.C11H9F3N2O.C10H7F3N2O.C10H5F3N2.C10H9F3N2.C8H8N2.CHI3.CH2I2.CH3I.CH2I.3CH4.V/c1-32-22-17-18-26(33-27(34)28(29,30)31)21(19-22)20-35(23-11-5-2-6-12-23,24-13-7-3-8-14-24)25-15-9-4-10-16-25;1-3-7-6-8(15-2)4-5-9(7)16-10(17)11(12,13)14;1-6-5-7(14-2)3-4-8(6)15-9(16)10(11,12)13;1-14-7-2-3-8-6(4-7)5-9(15-8)10(11,12)13;11-10(12,13)9-4-7-3-6(5-14)1-2-8(7)15-9;1-6-5-7(10-2)3-4-8(6)9;2-1(3)4;2-1-3;2*1-2;;;;/h2-19H,20H2;4-6H,3H2,1H3,(H,16,17);3-5H,1H3,(H,15,16);2-5,15H;1-4,15H,5,14H2;3-5H,9H2,1H3;1H;1H2;1H3;1H2;3*1H4;/q;;;;;;;;;-1;;;;/p+1. The number of halogens is 22. The zero-order valence-corrected chi connectivity index (χ0v) is 80.0. The number of nitrogen functional groups attached to an aromatic ring is 1. The van der Waals surface area contributed by atoms with Crippen LogP contribution in [0.2, 0.25) is 0 Å². The number of alkyl halides is 21. The topological polar surface area (TPSA) is 193 Å². The first-order valence-corrected chi connectivity index (χ1v) is 45.5. The van der Waals surface area contributed by atoms with Crippen LogP contribution in [-0.2, 0) is 64.4 Å². The zero-order chi connectivity index (χ0) is 90.2. The number of H-pyrrole nitrogens is 2. The van der Waals surface area contributed by atoms with Crippen LogP contribution in [0.5, 0.6) is 0 Å². The van der Waals surface area contributed by atoms with Gasteiger partial charge in [-0.3, -0.25) is 19.3 Å². The number of hydrogen-bond acceptors (Lipinski definition) is 5. The fourth-order valence-electron chi connectivity index (χ4n) is 9.96. The van der Waals surface area contributed by atoms with E-state index >= 15 is 0 Å². The molecule has 11 rings (SSSR count). The van der Waals surface area contributed by atoms with Gasteiger partial charge in [-0.25, -0.2) is 24.2 Å². The number of hydrogen-bond donors (Lipinski definition) is 7. The van der Waals surface area contributed by atoms with Crippen molar-refractivity contribution in [2.24, 2.45) is 5.73 Å². The number of carbonyl (C=O) groups is 3. The van der Waals surface area contributed by atoms with E-state index in [1.54, 1.807) is 60.0 Å². The van der Waals surface area contributed by atoms with E-state index in [1.165, 1.54) is 76.1 Å². The Hall–Kier alpha value is -7.25. The maximum Gasteiger partial charge on any atom is 0.471 e. The molecule has 0 spiro atoms. The minimum atomic E-state index is -5.03. The predicted molar refractivity (Wildman–Crippen MR) is 526 cm³/mol. The molecule has 39 heteroatoms. The van der Waals surface area contributed by atoms with Gasteiger partial charge < -0.3 is 60.0 Å². The third-order valence-electron chi connectivity index (χ3n) is 15.3. The Morgan fingerprint density at radius 2 is 0.740 bits per heavy atom. The SMILES string of the molecule is C.C.C.CI.IC(I)I.ICI.NCc1ccc2[nH]c(C(F)(F)F)cc2c1.[C-]#[N+]c1ccc(N)c(C)c1.[C-]#[N+]c1ccc(NC(=O)C(F)(F)F)c(C)c1.[C-]#[N+]c1ccc(NC(=O)C(F)(F)F)c(CC)c1.[C-]#[N+]c1ccc(NC(=O)C(F)(F)F)c(C[P+](c2ccccc2)(c2ccccc2)c2ccccc2)c1.[C-]#[N+]c1ccc2[nH]c(C(F)(F)F)cc2c1.[CH2-]I.[V]. The molecular formula is C84H79F15I7N12O3PV. The van der Waals surface area contributed by atoms with Gasteiger partial charge >= 0.3 is 48.6 Å². The first-order valence-electron chi connectivity index (χ1n) is 33.0. The van der Waals surface area contributed by atoms with Crippen LogP contribution in [0.3, 0.4) is 0 Å². The van der Waals surface area contributed by atoms with Crippen molar-refractivity contribution < 1.29 is 98.8 Å². The molecule has 0 aliphatic carbocycles. The molecule has 3 amide bonds. The Kier molecular flexibility index (Phi) is 57.4. The number of nitrogens with zero attached hydrogens (tertiary/aromatic N) is 5. The second-order valence-corrected chi connectivity index (χ2v) is 41.9. The minimum Gasteiger partial charge on any atom is -0.399 e. The Labute approximate surface area is 812 Å². The first kappa shape index (κ1) is 120. The summed E-state index contributed by atoms with van der Waals surface area (Å²) in [5, 5.41) is 9.60. The molecule has 657 valence electrons. The molecule has 11 aromatic rings. The number of carbonyl (C=O) groups excluding carboxylic acids is 3. The third kappa shape index (κ3) is 40.5. The van der Waals surface area contributed by atoms with E-state index in [9.17, 15) is 80.2 Å².